The lowest BCUT2D eigenvalue weighted by Crippen LogP contribution is -2.34. The Balaban J connectivity index is 1.56. The Morgan fingerprint density at radius 3 is 2.33 bits per heavy atom. The van der Waals surface area contributed by atoms with Crippen molar-refractivity contribution in [1.29, 1.82) is 0 Å². The van der Waals surface area contributed by atoms with Crippen LogP contribution >= 0.6 is 0 Å². The Hall–Kier alpha value is -3.54. The predicted molar refractivity (Wildman–Crippen MR) is 113 cm³/mol. The van der Waals surface area contributed by atoms with Crippen LogP contribution in [0.15, 0.2) is 66.7 Å². The molecule has 0 fully saturated rings. The van der Waals surface area contributed by atoms with Crippen LogP contribution in [0, 0.1) is 5.82 Å². The van der Waals surface area contributed by atoms with Crippen molar-refractivity contribution in [2.75, 3.05) is 18.1 Å². The van der Waals surface area contributed by atoms with Gasteiger partial charge in [0.05, 0.1) is 12.1 Å². The molecule has 0 spiro atoms. The molecule has 0 N–H and O–H groups in total. The summed E-state index contributed by atoms with van der Waals surface area (Å²) in [5, 5.41) is 1.95. The van der Waals surface area contributed by atoms with Gasteiger partial charge < -0.3 is 9.64 Å². The average Bonchev–Trinajstić information content (AvgIpc) is 2.77. The Labute approximate surface area is 174 Å². The lowest BCUT2D eigenvalue weighted by Gasteiger charge is -2.22. The summed E-state index contributed by atoms with van der Waals surface area (Å²) in [7, 11) is 0. The average molecular weight is 407 g/mol. The molecule has 3 aromatic carbocycles. The fraction of sp³-hybridized carbons (Fsp3) is 0.208. The van der Waals surface area contributed by atoms with Gasteiger partial charge in [0, 0.05) is 23.9 Å². The minimum Gasteiger partial charge on any atom is -0.456 e. The third-order valence-corrected chi connectivity index (χ3v) is 4.75. The standard InChI is InChI=1S/C24H22FNO4/c1-2-26(21-9-5-7-17-6-3-4-8-20(17)21)23(28)16-30-24(29)15-14-22(27)18-10-12-19(25)13-11-18/h3-13H,2,14-16H2,1H3. The third-order valence-electron chi connectivity index (χ3n) is 4.75. The van der Waals surface area contributed by atoms with Crippen molar-refractivity contribution in [1.82, 2.24) is 0 Å². The van der Waals surface area contributed by atoms with Crippen molar-refractivity contribution in [3.63, 3.8) is 0 Å². The summed E-state index contributed by atoms with van der Waals surface area (Å²) in [6, 6.07) is 18.6. The highest BCUT2D eigenvalue weighted by Crippen LogP contribution is 2.26. The number of fused-ring (bicyclic) bond motifs is 1. The van der Waals surface area contributed by atoms with E-state index in [1.165, 1.54) is 24.3 Å². The zero-order valence-electron chi connectivity index (χ0n) is 16.6. The molecule has 0 radical (unpaired) electrons. The maximum Gasteiger partial charge on any atom is 0.306 e. The summed E-state index contributed by atoms with van der Waals surface area (Å²) >= 11 is 0. The van der Waals surface area contributed by atoms with E-state index in [2.05, 4.69) is 0 Å². The number of carbonyl (C=O) groups excluding carboxylic acids is 3. The van der Waals surface area contributed by atoms with Gasteiger partial charge in [-0.1, -0.05) is 36.4 Å². The number of rotatable bonds is 8. The second-order valence-corrected chi connectivity index (χ2v) is 6.73. The molecule has 1 amide bonds. The smallest absolute Gasteiger partial charge is 0.306 e. The molecule has 3 aromatic rings. The molecule has 3 rings (SSSR count). The van der Waals surface area contributed by atoms with Gasteiger partial charge in [0.1, 0.15) is 5.82 Å². The predicted octanol–water partition coefficient (Wildman–Crippen LogP) is 4.54. The first kappa shape index (κ1) is 21.2. The van der Waals surface area contributed by atoms with Crippen LogP contribution in [0.4, 0.5) is 10.1 Å². The van der Waals surface area contributed by atoms with Crippen molar-refractivity contribution in [3.05, 3.63) is 78.1 Å². The van der Waals surface area contributed by atoms with Crippen LogP contribution < -0.4 is 4.90 Å². The van der Waals surface area contributed by atoms with Gasteiger partial charge in [0.2, 0.25) is 0 Å². The number of ketones is 1. The maximum absolute atomic E-state index is 12.9. The van der Waals surface area contributed by atoms with E-state index in [0.717, 1.165) is 16.5 Å². The SMILES string of the molecule is CCN(C(=O)COC(=O)CCC(=O)c1ccc(F)cc1)c1cccc2ccccc12. The molecule has 0 saturated carbocycles. The van der Waals surface area contributed by atoms with E-state index in [1.54, 1.807) is 4.90 Å². The molecule has 0 bridgehead atoms. The highest BCUT2D eigenvalue weighted by molar-refractivity contribution is 6.04. The summed E-state index contributed by atoms with van der Waals surface area (Å²) in [6.45, 7) is 1.87. The largest absolute Gasteiger partial charge is 0.456 e. The van der Waals surface area contributed by atoms with Crippen LogP contribution in [0.2, 0.25) is 0 Å². The number of hydrogen-bond donors (Lipinski definition) is 0. The van der Waals surface area contributed by atoms with E-state index >= 15 is 0 Å². The first-order chi connectivity index (χ1) is 14.5. The van der Waals surface area contributed by atoms with E-state index in [1.807, 2.05) is 49.4 Å². The van der Waals surface area contributed by atoms with Crippen molar-refractivity contribution < 1.29 is 23.5 Å². The molecule has 0 saturated heterocycles. The third kappa shape index (κ3) is 5.08. The number of carbonyl (C=O) groups is 3. The molecule has 0 atom stereocenters. The normalized spacial score (nSPS) is 10.6. The second-order valence-electron chi connectivity index (χ2n) is 6.73. The Bertz CT molecular complexity index is 1060. The molecule has 30 heavy (non-hydrogen) atoms. The summed E-state index contributed by atoms with van der Waals surface area (Å²) < 4.78 is 18.0. The number of amides is 1. The summed E-state index contributed by atoms with van der Waals surface area (Å²) in [4.78, 5) is 38.3. The molecule has 0 aliphatic carbocycles. The van der Waals surface area contributed by atoms with Crippen LogP contribution in [-0.2, 0) is 14.3 Å². The second kappa shape index (κ2) is 9.78. The van der Waals surface area contributed by atoms with Crippen LogP contribution in [0.5, 0.6) is 0 Å². The Morgan fingerprint density at radius 1 is 0.900 bits per heavy atom. The maximum atomic E-state index is 12.9. The zero-order valence-corrected chi connectivity index (χ0v) is 16.6. The Morgan fingerprint density at radius 2 is 1.60 bits per heavy atom. The molecule has 6 heteroatoms. The first-order valence-electron chi connectivity index (χ1n) is 9.72. The number of nitrogens with zero attached hydrogens (tertiary/aromatic N) is 1. The topological polar surface area (TPSA) is 63.7 Å². The van der Waals surface area contributed by atoms with Crippen molar-refractivity contribution >= 4 is 34.1 Å². The summed E-state index contributed by atoms with van der Waals surface area (Å²) in [5.74, 6) is -1.69. The van der Waals surface area contributed by atoms with E-state index in [9.17, 15) is 18.8 Å². The first-order valence-corrected chi connectivity index (χ1v) is 9.72. The molecule has 154 valence electrons. The van der Waals surface area contributed by atoms with Gasteiger partial charge in [-0.3, -0.25) is 14.4 Å². The summed E-state index contributed by atoms with van der Waals surface area (Å²) in [6.07, 6.45) is -0.219. The minimum absolute atomic E-state index is 0.0700. The minimum atomic E-state index is -0.632. The van der Waals surface area contributed by atoms with Gasteiger partial charge in [0.25, 0.3) is 5.91 Å². The van der Waals surface area contributed by atoms with Crippen LogP contribution in [-0.4, -0.2) is 30.8 Å². The van der Waals surface area contributed by atoms with E-state index in [0.29, 0.717) is 12.1 Å². The highest BCUT2D eigenvalue weighted by atomic mass is 19.1. The number of anilines is 1. The number of esters is 1. The molecule has 0 unspecified atom stereocenters. The number of halogens is 1. The van der Waals surface area contributed by atoms with Gasteiger partial charge in [0.15, 0.2) is 12.4 Å². The van der Waals surface area contributed by atoms with Gasteiger partial charge in [-0.2, -0.15) is 0 Å². The quantitative estimate of drug-likeness (QED) is 0.406. The van der Waals surface area contributed by atoms with Gasteiger partial charge >= 0.3 is 5.97 Å². The van der Waals surface area contributed by atoms with E-state index in [4.69, 9.17) is 4.74 Å². The molecule has 0 aliphatic heterocycles. The zero-order chi connectivity index (χ0) is 21.5. The number of ether oxygens (including phenoxy) is 1. The van der Waals surface area contributed by atoms with Crippen molar-refractivity contribution in [2.24, 2.45) is 0 Å². The highest BCUT2D eigenvalue weighted by Gasteiger charge is 2.18. The monoisotopic (exact) mass is 407 g/mol. The molecule has 0 aliphatic rings. The number of benzene rings is 3. The fourth-order valence-electron chi connectivity index (χ4n) is 3.21. The number of Topliss-reactive ketones (excluding diaryl/α,β-unsaturated/α-hetero) is 1. The molecule has 0 heterocycles. The van der Waals surface area contributed by atoms with Crippen LogP contribution in [0.25, 0.3) is 10.8 Å². The molecular formula is C24H22FNO4. The molecular weight excluding hydrogens is 385 g/mol. The Kier molecular flexibility index (Phi) is 6.91. The van der Waals surface area contributed by atoms with Gasteiger partial charge in [-0.15, -0.1) is 0 Å². The van der Waals surface area contributed by atoms with Crippen molar-refractivity contribution in [3.8, 4) is 0 Å². The summed E-state index contributed by atoms with van der Waals surface area (Å²) in [5.41, 5.74) is 1.08. The van der Waals surface area contributed by atoms with Gasteiger partial charge in [-0.05, 0) is 42.6 Å². The molecule has 0 aromatic heterocycles. The van der Waals surface area contributed by atoms with E-state index in [-0.39, 0.29) is 24.5 Å². The number of hydrogen-bond acceptors (Lipinski definition) is 4. The van der Waals surface area contributed by atoms with Crippen LogP contribution in [0.3, 0.4) is 0 Å². The van der Waals surface area contributed by atoms with Gasteiger partial charge in [-0.25, -0.2) is 4.39 Å². The lowest BCUT2D eigenvalue weighted by molar-refractivity contribution is -0.147. The lowest BCUT2D eigenvalue weighted by atomic mass is 10.1. The van der Waals surface area contributed by atoms with E-state index < -0.39 is 18.4 Å². The fourth-order valence-corrected chi connectivity index (χ4v) is 3.21. The van der Waals surface area contributed by atoms with Crippen molar-refractivity contribution in [2.45, 2.75) is 19.8 Å². The number of likely N-dealkylation sites (N-methyl/N-ethyl adjacent to an activating group) is 1. The molecule has 5 nitrogen and oxygen atoms in total. The van der Waals surface area contributed by atoms with Crippen LogP contribution in [0.1, 0.15) is 30.1 Å².